The quantitative estimate of drug-likeness (QED) is 0.253. The first-order valence-electron chi connectivity index (χ1n) is 11.5. The van der Waals surface area contributed by atoms with E-state index in [2.05, 4.69) is 26.2 Å². The zero-order valence-corrected chi connectivity index (χ0v) is 22.4. The van der Waals surface area contributed by atoms with Gasteiger partial charge in [0.2, 0.25) is 0 Å². The molecule has 1 fully saturated rings. The topological polar surface area (TPSA) is 73.4 Å². The van der Waals surface area contributed by atoms with Gasteiger partial charge in [0.1, 0.15) is 22.6 Å². The number of amides is 1. The monoisotopic (exact) mass is 579 g/mol. The molecule has 0 saturated carbocycles. The summed E-state index contributed by atoms with van der Waals surface area (Å²) in [5, 5.41) is 3.52. The van der Waals surface area contributed by atoms with Crippen LogP contribution in [0.1, 0.15) is 24.3 Å². The van der Waals surface area contributed by atoms with Gasteiger partial charge >= 0.3 is 0 Å². The highest BCUT2D eigenvalue weighted by atomic mass is 79.9. The van der Waals surface area contributed by atoms with Crippen LogP contribution in [-0.4, -0.2) is 42.6 Å². The molecule has 1 aliphatic heterocycles. The van der Waals surface area contributed by atoms with Crippen LogP contribution in [-0.2, 0) is 16.0 Å². The molecule has 1 aliphatic rings. The van der Waals surface area contributed by atoms with E-state index in [0.717, 1.165) is 10.2 Å². The van der Waals surface area contributed by atoms with Crippen LogP contribution < -0.4 is 5.73 Å². The Morgan fingerprint density at radius 2 is 1.81 bits per heavy atom. The Morgan fingerprint density at radius 1 is 1.11 bits per heavy atom. The van der Waals surface area contributed by atoms with Gasteiger partial charge in [-0.1, -0.05) is 22.0 Å². The van der Waals surface area contributed by atoms with Crippen LogP contribution in [0.15, 0.2) is 77.4 Å². The highest BCUT2D eigenvalue weighted by Crippen LogP contribution is 2.40. The highest BCUT2D eigenvalue weighted by molar-refractivity contribution is 9.10. The van der Waals surface area contributed by atoms with E-state index in [4.69, 9.17) is 15.6 Å². The van der Waals surface area contributed by atoms with Crippen molar-refractivity contribution < 1.29 is 18.3 Å². The van der Waals surface area contributed by atoms with Gasteiger partial charge in [0.15, 0.2) is 6.23 Å². The fourth-order valence-electron chi connectivity index (χ4n) is 4.27. The van der Waals surface area contributed by atoms with E-state index in [1.807, 2.05) is 30.5 Å². The highest BCUT2D eigenvalue weighted by Gasteiger charge is 2.48. The van der Waals surface area contributed by atoms with Crippen molar-refractivity contribution >= 4 is 37.8 Å². The van der Waals surface area contributed by atoms with E-state index in [1.54, 1.807) is 34.7 Å². The minimum atomic E-state index is -1.27. The zero-order chi connectivity index (χ0) is 26.3. The zero-order valence-electron chi connectivity index (χ0n) is 19.8. The second-order valence-corrected chi connectivity index (χ2v) is 10.8. The lowest BCUT2D eigenvalue weighted by Gasteiger charge is -2.23. The molecule has 5 rings (SSSR count). The molecule has 1 amide bonds. The van der Waals surface area contributed by atoms with Crippen molar-refractivity contribution in [2.75, 3.05) is 12.3 Å². The number of benzene rings is 3. The van der Waals surface area contributed by atoms with E-state index in [1.165, 1.54) is 24.3 Å². The molecule has 10 heteroatoms. The van der Waals surface area contributed by atoms with Crippen molar-refractivity contribution in [2.45, 2.75) is 24.8 Å². The van der Waals surface area contributed by atoms with Crippen LogP contribution in [0.5, 0.6) is 0 Å². The summed E-state index contributed by atoms with van der Waals surface area (Å²) in [5.41, 5.74) is 9.02. The van der Waals surface area contributed by atoms with Gasteiger partial charge in [-0.15, -0.1) is 0 Å². The second-order valence-electron chi connectivity index (χ2n) is 8.97. The van der Waals surface area contributed by atoms with E-state index in [-0.39, 0.29) is 24.0 Å². The molecule has 1 aromatic heterocycles. The maximum atomic E-state index is 14.0. The van der Waals surface area contributed by atoms with Crippen molar-refractivity contribution in [3.05, 3.63) is 100 Å². The molecule has 3 aromatic carbocycles. The third-order valence-electron chi connectivity index (χ3n) is 6.22. The number of nitrogens with two attached hydrogens (primary N) is 1. The number of rotatable bonds is 6. The van der Waals surface area contributed by atoms with Gasteiger partial charge in [-0.2, -0.15) is 5.10 Å². The van der Waals surface area contributed by atoms with E-state index >= 15 is 0 Å². The maximum absolute atomic E-state index is 14.0. The van der Waals surface area contributed by atoms with Crippen LogP contribution in [0.4, 0.5) is 14.5 Å². The van der Waals surface area contributed by atoms with E-state index in [0.29, 0.717) is 28.8 Å². The Labute approximate surface area is 224 Å². The molecule has 6 nitrogen and oxygen atoms in total. The molecule has 3 radical (unpaired) electrons. The lowest BCUT2D eigenvalue weighted by atomic mass is 10.1. The lowest BCUT2D eigenvalue weighted by Crippen LogP contribution is -2.39. The minimum absolute atomic E-state index is 0.0687. The fourth-order valence-corrected chi connectivity index (χ4v) is 4.79. The summed E-state index contributed by atoms with van der Waals surface area (Å²) >= 11 is 3.44. The average Bonchev–Trinajstić information content (AvgIpc) is 3.40. The summed E-state index contributed by atoms with van der Waals surface area (Å²) in [6, 6.07) is 18.2. The first kappa shape index (κ1) is 25.3. The first-order chi connectivity index (χ1) is 17.6. The second kappa shape index (κ2) is 9.84. The summed E-state index contributed by atoms with van der Waals surface area (Å²) < 4.78 is 36.5. The predicted molar refractivity (Wildman–Crippen MR) is 141 cm³/mol. The molecule has 2 atom stereocenters. The Hall–Kier alpha value is -3.34. The molecule has 1 saturated heterocycles. The number of halogens is 3. The SMILES string of the molecule is C[C@]1([Si])O[C@@H](c2cn(-c3ccc(Br)cc3)nc2-c2ccc(F)cc2)N(CCc2ccc(N)c(F)c2)C1=O. The number of carbonyl (C=O) groups is 1. The molecular weight excluding hydrogens is 558 g/mol. The molecule has 0 aliphatic carbocycles. The number of nitrogens with zero attached hydrogens (tertiary/aromatic N) is 3. The summed E-state index contributed by atoms with van der Waals surface area (Å²) in [4.78, 5) is 14.9. The van der Waals surface area contributed by atoms with Crippen molar-refractivity contribution in [1.29, 1.82) is 0 Å². The molecule has 0 spiro atoms. The number of hydrogen-bond donors (Lipinski definition) is 1. The van der Waals surface area contributed by atoms with Crippen molar-refractivity contribution in [3.8, 4) is 16.9 Å². The molecule has 4 aromatic rings. The van der Waals surface area contributed by atoms with E-state index in [9.17, 15) is 13.6 Å². The van der Waals surface area contributed by atoms with Crippen LogP contribution >= 0.6 is 15.9 Å². The number of aromatic nitrogens is 2. The smallest absolute Gasteiger partial charge is 0.252 e. The molecule has 37 heavy (non-hydrogen) atoms. The van der Waals surface area contributed by atoms with Gasteiger partial charge in [0, 0.05) is 28.3 Å². The Balaban J connectivity index is 1.55. The molecule has 2 N–H and O–H groups in total. The number of nitrogen functional groups attached to an aromatic ring is 1. The van der Waals surface area contributed by atoms with Gasteiger partial charge in [-0.25, -0.2) is 13.5 Å². The van der Waals surface area contributed by atoms with Crippen LogP contribution in [0.3, 0.4) is 0 Å². The number of anilines is 1. The van der Waals surface area contributed by atoms with Crippen LogP contribution in [0.25, 0.3) is 16.9 Å². The molecular formula is C27H22BrF2N4O2Si. The number of hydrogen-bond acceptors (Lipinski definition) is 4. The third-order valence-corrected chi connectivity index (χ3v) is 7.08. The number of carbonyl (C=O) groups excluding carboxylic acids is 1. The van der Waals surface area contributed by atoms with Crippen LogP contribution in [0.2, 0.25) is 0 Å². The summed E-state index contributed by atoms with van der Waals surface area (Å²) in [6.45, 7) is 1.90. The van der Waals surface area contributed by atoms with Gasteiger partial charge in [-0.3, -0.25) is 4.79 Å². The lowest BCUT2D eigenvalue weighted by molar-refractivity contribution is -0.131. The number of ether oxygens (including phenoxy) is 1. The third kappa shape index (κ3) is 5.09. The van der Waals surface area contributed by atoms with Gasteiger partial charge in [0.05, 0.1) is 21.6 Å². The van der Waals surface area contributed by atoms with Crippen molar-refractivity contribution in [3.63, 3.8) is 0 Å². The van der Waals surface area contributed by atoms with Gasteiger partial charge in [0.25, 0.3) is 5.91 Å². The standard InChI is InChI=1S/C27H22BrF2N4O2Si/c1-27(37)26(35)33(13-12-16-2-11-23(31)22(30)14-16)25(36-27)21-15-34(20-9-5-18(28)6-10-20)32-24(21)17-3-7-19(29)8-4-17/h2-11,14-15,25H,12-13,31H2,1H3/t25-,27+/m0/s1. The molecule has 0 unspecified atom stereocenters. The molecule has 2 heterocycles. The fraction of sp³-hybridized carbons (Fsp3) is 0.185. The first-order valence-corrected chi connectivity index (χ1v) is 12.8. The van der Waals surface area contributed by atoms with Crippen molar-refractivity contribution in [1.82, 2.24) is 14.7 Å². The normalized spacial score (nSPS) is 19.5. The molecule has 0 bridgehead atoms. The Bertz CT molecular complexity index is 1460. The largest absolute Gasteiger partial charge is 0.396 e. The Morgan fingerprint density at radius 3 is 2.49 bits per heavy atom. The minimum Gasteiger partial charge on any atom is -0.396 e. The van der Waals surface area contributed by atoms with E-state index < -0.39 is 17.3 Å². The summed E-state index contributed by atoms with van der Waals surface area (Å²) in [5.74, 6) is -1.14. The predicted octanol–water partition coefficient (Wildman–Crippen LogP) is 5.15. The Kier molecular flexibility index (Phi) is 6.74. The maximum Gasteiger partial charge on any atom is 0.252 e. The van der Waals surface area contributed by atoms with Crippen LogP contribution in [0, 0.1) is 11.6 Å². The average molecular weight is 580 g/mol. The molecule has 187 valence electrons. The summed E-state index contributed by atoms with van der Waals surface area (Å²) in [7, 11) is 3.47. The van der Waals surface area contributed by atoms with Crippen molar-refractivity contribution in [2.24, 2.45) is 0 Å². The van der Waals surface area contributed by atoms with Gasteiger partial charge in [-0.05, 0) is 79.6 Å². The summed E-state index contributed by atoms with van der Waals surface area (Å²) in [6.07, 6.45) is 1.40. The van der Waals surface area contributed by atoms with Gasteiger partial charge < -0.3 is 15.4 Å².